The van der Waals surface area contributed by atoms with Crippen molar-refractivity contribution >= 4 is 45.5 Å². The summed E-state index contributed by atoms with van der Waals surface area (Å²) in [6.45, 7) is 0. The fourth-order valence-corrected chi connectivity index (χ4v) is 3.51. The van der Waals surface area contributed by atoms with E-state index in [2.05, 4.69) is 39.9 Å². The van der Waals surface area contributed by atoms with Gasteiger partial charge in [-0.1, -0.05) is 36.4 Å². The quantitative estimate of drug-likeness (QED) is 0.297. The van der Waals surface area contributed by atoms with Crippen LogP contribution >= 0.6 is 0 Å². The van der Waals surface area contributed by atoms with E-state index in [1.54, 1.807) is 0 Å². The van der Waals surface area contributed by atoms with Crippen LogP contribution in [0.3, 0.4) is 0 Å². The summed E-state index contributed by atoms with van der Waals surface area (Å²) in [6.07, 6.45) is 7.94. The molecule has 4 nitrogen and oxygen atoms in total. The Labute approximate surface area is 199 Å². The van der Waals surface area contributed by atoms with Crippen molar-refractivity contribution in [1.29, 1.82) is 0 Å². The summed E-state index contributed by atoms with van der Waals surface area (Å²) >= 11 is 0. The summed E-state index contributed by atoms with van der Waals surface area (Å²) in [7, 11) is 0. The molecule has 5 rings (SSSR count). The first-order chi connectivity index (χ1) is 16.8. The van der Waals surface area contributed by atoms with Crippen LogP contribution in [0.1, 0.15) is 0 Å². The van der Waals surface area contributed by atoms with E-state index in [1.807, 2.05) is 109 Å². The largest absolute Gasteiger partial charge is 0.356 e. The molecular formula is C30H24N4. The van der Waals surface area contributed by atoms with E-state index in [4.69, 9.17) is 4.99 Å². The summed E-state index contributed by atoms with van der Waals surface area (Å²) in [5.74, 6) is 0. The molecule has 4 heteroatoms. The highest BCUT2D eigenvalue weighted by atomic mass is 14.9. The zero-order valence-corrected chi connectivity index (χ0v) is 18.6. The standard InChI is InChI=1S/C30H24N4/c1-3-7-23(8-4-1)31-25-11-15-27(16-12-25)33-29-19-21-30(22-20-29)34-28-17-13-26(14-18-28)32-24-9-5-2-6-10-24/h1-22,31,33H. The lowest BCUT2D eigenvalue weighted by molar-refractivity contribution is 1.48. The topological polar surface area (TPSA) is 48.8 Å². The first kappa shape index (κ1) is 21.2. The first-order valence-corrected chi connectivity index (χ1v) is 11.2. The van der Waals surface area contributed by atoms with Crippen molar-refractivity contribution in [3.63, 3.8) is 0 Å². The fourth-order valence-electron chi connectivity index (χ4n) is 3.51. The number of benzene rings is 4. The van der Waals surface area contributed by atoms with Crippen LogP contribution in [0.2, 0.25) is 0 Å². The van der Waals surface area contributed by atoms with Gasteiger partial charge >= 0.3 is 0 Å². The van der Waals surface area contributed by atoms with Gasteiger partial charge in [-0.2, -0.15) is 0 Å². The molecule has 1 aliphatic carbocycles. The molecule has 0 fully saturated rings. The molecule has 34 heavy (non-hydrogen) atoms. The molecule has 1 aliphatic rings. The van der Waals surface area contributed by atoms with E-state index in [-0.39, 0.29) is 0 Å². The van der Waals surface area contributed by atoms with Crippen LogP contribution in [0, 0.1) is 0 Å². The van der Waals surface area contributed by atoms with E-state index >= 15 is 0 Å². The van der Waals surface area contributed by atoms with Crippen LogP contribution in [0.5, 0.6) is 0 Å². The van der Waals surface area contributed by atoms with Gasteiger partial charge in [-0.15, -0.1) is 0 Å². The Bertz CT molecular complexity index is 1330. The Morgan fingerprint density at radius 3 is 1.18 bits per heavy atom. The number of nitrogens with zero attached hydrogens (tertiary/aromatic N) is 2. The van der Waals surface area contributed by atoms with Gasteiger partial charge in [-0.3, -0.25) is 0 Å². The summed E-state index contributed by atoms with van der Waals surface area (Å²) in [5, 5.41) is 6.83. The SMILES string of the molecule is C1=CC(=Nc2ccc(Nc3ccc(Nc4ccccc4)cc3)cc2)C=CC1=Nc1ccccc1. The van der Waals surface area contributed by atoms with Crippen molar-refractivity contribution in [3.8, 4) is 0 Å². The second-order valence-electron chi connectivity index (χ2n) is 7.82. The first-order valence-electron chi connectivity index (χ1n) is 11.2. The van der Waals surface area contributed by atoms with Gasteiger partial charge in [0.25, 0.3) is 0 Å². The number of nitrogens with one attached hydrogen (secondary N) is 2. The van der Waals surface area contributed by atoms with Crippen LogP contribution in [0.4, 0.5) is 34.1 Å². The van der Waals surface area contributed by atoms with Crippen LogP contribution in [0.25, 0.3) is 0 Å². The van der Waals surface area contributed by atoms with E-state index < -0.39 is 0 Å². The lowest BCUT2D eigenvalue weighted by atomic mass is 10.1. The zero-order chi connectivity index (χ0) is 23.0. The number of para-hydroxylation sites is 2. The van der Waals surface area contributed by atoms with Crippen molar-refractivity contribution in [1.82, 2.24) is 0 Å². The Morgan fingerprint density at radius 2 is 0.706 bits per heavy atom. The third kappa shape index (κ3) is 5.75. The number of hydrogen-bond acceptors (Lipinski definition) is 4. The molecule has 0 aliphatic heterocycles. The number of anilines is 4. The minimum Gasteiger partial charge on any atom is -0.356 e. The third-order valence-corrected chi connectivity index (χ3v) is 5.23. The smallest absolute Gasteiger partial charge is 0.0638 e. The Kier molecular flexibility index (Phi) is 6.40. The van der Waals surface area contributed by atoms with Crippen molar-refractivity contribution in [3.05, 3.63) is 133 Å². The molecule has 0 unspecified atom stereocenters. The average Bonchev–Trinajstić information content (AvgIpc) is 2.89. The maximum absolute atomic E-state index is 4.71. The molecule has 2 N–H and O–H groups in total. The number of rotatable bonds is 6. The number of aliphatic imine (C=N–C) groups is 2. The van der Waals surface area contributed by atoms with Crippen LogP contribution in [0.15, 0.2) is 143 Å². The van der Waals surface area contributed by atoms with Gasteiger partial charge in [0, 0.05) is 22.7 Å². The van der Waals surface area contributed by atoms with E-state index in [1.165, 1.54) is 0 Å². The summed E-state index contributed by atoms with van der Waals surface area (Å²) in [5.41, 5.74) is 7.82. The molecule has 0 saturated carbocycles. The van der Waals surface area contributed by atoms with E-state index in [0.717, 1.165) is 45.5 Å². The molecule has 0 bridgehead atoms. The Balaban J connectivity index is 1.19. The van der Waals surface area contributed by atoms with Gasteiger partial charge in [-0.05, 0) is 97.1 Å². The number of allylic oxidation sites excluding steroid dienone is 4. The maximum Gasteiger partial charge on any atom is 0.0638 e. The van der Waals surface area contributed by atoms with Gasteiger partial charge < -0.3 is 10.6 Å². The monoisotopic (exact) mass is 440 g/mol. The average molecular weight is 441 g/mol. The van der Waals surface area contributed by atoms with Crippen LogP contribution in [-0.2, 0) is 0 Å². The predicted molar refractivity (Wildman–Crippen MR) is 145 cm³/mol. The van der Waals surface area contributed by atoms with E-state index in [9.17, 15) is 0 Å². The third-order valence-electron chi connectivity index (χ3n) is 5.23. The molecule has 0 amide bonds. The minimum absolute atomic E-state index is 0.897. The van der Waals surface area contributed by atoms with Gasteiger partial charge in [0.15, 0.2) is 0 Å². The van der Waals surface area contributed by atoms with Crippen molar-refractivity contribution in [2.75, 3.05) is 10.6 Å². The molecule has 0 heterocycles. The van der Waals surface area contributed by atoms with Crippen LogP contribution < -0.4 is 10.6 Å². The lowest BCUT2D eigenvalue weighted by Gasteiger charge is -2.10. The molecule has 4 aromatic carbocycles. The summed E-state index contributed by atoms with van der Waals surface area (Å²) < 4.78 is 0. The highest BCUT2D eigenvalue weighted by Crippen LogP contribution is 2.23. The molecule has 0 spiro atoms. The predicted octanol–water partition coefficient (Wildman–Crippen LogP) is 8.15. The summed E-state index contributed by atoms with van der Waals surface area (Å²) in [6, 6.07) is 36.4. The molecule has 0 aromatic heterocycles. The Morgan fingerprint density at radius 1 is 0.353 bits per heavy atom. The minimum atomic E-state index is 0.897. The molecule has 4 aromatic rings. The van der Waals surface area contributed by atoms with Gasteiger partial charge in [0.05, 0.1) is 22.8 Å². The van der Waals surface area contributed by atoms with E-state index in [0.29, 0.717) is 0 Å². The number of hydrogen-bond donors (Lipinski definition) is 2. The van der Waals surface area contributed by atoms with Crippen LogP contribution in [-0.4, -0.2) is 11.4 Å². The van der Waals surface area contributed by atoms with Gasteiger partial charge in [0.1, 0.15) is 0 Å². The molecular weight excluding hydrogens is 416 g/mol. The highest BCUT2D eigenvalue weighted by molar-refractivity contribution is 6.19. The molecule has 0 radical (unpaired) electrons. The zero-order valence-electron chi connectivity index (χ0n) is 18.6. The normalized spacial score (nSPS) is 12.4. The van der Waals surface area contributed by atoms with Crippen molar-refractivity contribution < 1.29 is 0 Å². The Hall–Kier alpha value is -4.70. The van der Waals surface area contributed by atoms with Gasteiger partial charge in [-0.25, -0.2) is 9.98 Å². The fraction of sp³-hybridized carbons (Fsp3) is 0. The molecule has 164 valence electrons. The second kappa shape index (κ2) is 10.3. The van der Waals surface area contributed by atoms with Crippen molar-refractivity contribution in [2.45, 2.75) is 0 Å². The maximum atomic E-state index is 4.71. The lowest BCUT2D eigenvalue weighted by Crippen LogP contribution is -1.99. The second-order valence-corrected chi connectivity index (χ2v) is 7.82. The van der Waals surface area contributed by atoms with Crippen molar-refractivity contribution in [2.24, 2.45) is 9.98 Å². The van der Waals surface area contributed by atoms with Gasteiger partial charge in [0.2, 0.25) is 0 Å². The molecule has 0 saturated heterocycles. The molecule has 0 atom stereocenters. The summed E-state index contributed by atoms with van der Waals surface area (Å²) in [4.78, 5) is 9.32. The highest BCUT2D eigenvalue weighted by Gasteiger charge is 2.01.